The number of rotatable bonds is 2. The van der Waals surface area contributed by atoms with Crippen LogP contribution in [0.25, 0.3) is 5.52 Å². The number of hydrogen-bond acceptors (Lipinski definition) is 2. The normalized spacial score (nSPS) is 10.8. The Morgan fingerprint density at radius 3 is 2.50 bits per heavy atom. The summed E-state index contributed by atoms with van der Waals surface area (Å²) in [5, 5.41) is 9.48. The summed E-state index contributed by atoms with van der Waals surface area (Å²) in [5.74, 6) is -0.166. The van der Waals surface area contributed by atoms with Crippen molar-refractivity contribution in [2.75, 3.05) is 0 Å². The van der Waals surface area contributed by atoms with Gasteiger partial charge in [0.15, 0.2) is 0 Å². The third-order valence-corrected chi connectivity index (χ3v) is 3.17. The zero-order valence-electron chi connectivity index (χ0n) is 10.6. The van der Waals surface area contributed by atoms with Gasteiger partial charge in [0, 0.05) is 18.3 Å². The minimum Gasteiger partial charge on any atom is -0.508 e. The van der Waals surface area contributed by atoms with Crippen LogP contribution < -0.4 is 5.56 Å². The first-order valence-corrected chi connectivity index (χ1v) is 6.20. The maximum Gasteiger partial charge on any atom is 0.255 e. The lowest BCUT2D eigenvalue weighted by Crippen LogP contribution is -2.13. The van der Waals surface area contributed by atoms with Crippen LogP contribution in [0, 0.1) is 5.82 Å². The van der Waals surface area contributed by atoms with Crippen molar-refractivity contribution in [3.8, 4) is 5.75 Å². The molecule has 0 saturated heterocycles. The molecule has 0 aliphatic heterocycles. The van der Waals surface area contributed by atoms with Gasteiger partial charge in [-0.1, -0.05) is 12.1 Å². The molecule has 0 fully saturated rings. The molecule has 3 aromatic rings. The van der Waals surface area contributed by atoms with Gasteiger partial charge in [-0.05, 0) is 41.8 Å². The first-order chi connectivity index (χ1) is 9.61. The highest BCUT2D eigenvalue weighted by atomic mass is 19.1. The minimum atomic E-state index is -0.280. The van der Waals surface area contributed by atoms with Gasteiger partial charge >= 0.3 is 0 Å². The zero-order valence-corrected chi connectivity index (χ0v) is 10.6. The number of hydrogen-bond donors (Lipinski definition) is 1. The standard InChI is InChI=1S/C16H12FNO2/c17-13-3-1-11(2-4-13)7-12-8-14-10-15(19)5-6-18(14)16(20)9-12/h1-6,8-10,19H,7H2. The van der Waals surface area contributed by atoms with E-state index in [-0.39, 0.29) is 17.1 Å². The van der Waals surface area contributed by atoms with Crippen LogP contribution in [-0.4, -0.2) is 9.51 Å². The Morgan fingerprint density at radius 1 is 1.00 bits per heavy atom. The van der Waals surface area contributed by atoms with E-state index in [1.54, 1.807) is 18.2 Å². The molecule has 0 unspecified atom stereocenters. The van der Waals surface area contributed by atoms with E-state index >= 15 is 0 Å². The summed E-state index contributed by atoms with van der Waals surface area (Å²) < 4.78 is 14.3. The third kappa shape index (κ3) is 2.40. The van der Waals surface area contributed by atoms with Gasteiger partial charge in [-0.2, -0.15) is 0 Å². The number of pyridine rings is 2. The van der Waals surface area contributed by atoms with Gasteiger partial charge in [-0.25, -0.2) is 4.39 Å². The Labute approximate surface area is 114 Å². The van der Waals surface area contributed by atoms with E-state index in [1.165, 1.54) is 34.9 Å². The molecule has 2 aromatic heterocycles. The molecule has 20 heavy (non-hydrogen) atoms. The lowest BCUT2D eigenvalue weighted by Gasteiger charge is -2.06. The molecule has 1 N–H and O–H groups in total. The number of benzene rings is 1. The second kappa shape index (κ2) is 4.81. The van der Waals surface area contributed by atoms with Crippen molar-refractivity contribution >= 4 is 5.52 Å². The Kier molecular flexibility index (Phi) is 2.99. The fourth-order valence-corrected chi connectivity index (χ4v) is 2.22. The minimum absolute atomic E-state index is 0.114. The monoisotopic (exact) mass is 269 g/mol. The maximum atomic E-state index is 12.9. The summed E-state index contributed by atoms with van der Waals surface area (Å²) in [6.45, 7) is 0. The van der Waals surface area contributed by atoms with Crippen molar-refractivity contribution in [2.45, 2.75) is 6.42 Å². The number of aromatic hydroxyl groups is 1. The molecule has 0 spiro atoms. The van der Waals surface area contributed by atoms with Gasteiger partial charge in [-0.15, -0.1) is 0 Å². The van der Waals surface area contributed by atoms with Crippen LogP contribution >= 0.6 is 0 Å². The number of nitrogens with zero attached hydrogens (tertiary/aromatic N) is 1. The van der Waals surface area contributed by atoms with Crippen molar-refractivity contribution in [1.29, 1.82) is 0 Å². The van der Waals surface area contributed by atoms with Crippen LogP contribution in [0.1, 0.15) is 11.1 Å². The van der Waals surface area contributed by atoms with E-state index in [1.807, 2.05) is 6.07 Å². The van der Waals surface area contributed by atoms with Crippen molar-refractivity contribution in [3.05, 3.63) is 82.0 Å². The molecule has 100 valence electrons. The summed E-state index contributed by atoms with van der Waals surface area (Å²) in [5.41, 5.74) is 2.23. The Hall–Kier alpha value is -2.62. The molecule has 1 aromatic carbocycles. The molecule has 3 nitrogen and oxygen atoms in total. The van der Waals surface area contributed by atoms with Crippen molar-refractivity contribution in [1.82, 2.24) is 4.40 Å². The van der Waals surface area contributed by atoms with E-state index in [9.17, 15) is 14.3 Å². The topological polar surface area (TPSA) is 41.7 Å². The first-order valence-electron chi connectivity index (χ1n) is 6.20. The molecule has 4 heteroatoms. The van der Waals surface area contributed by atoms with E-state index in [0.29, 0.717) is 11.9 Å². The molecular weight excluding hydrogens is 257 g/mol. The van der Waals surface area contributed by atoms with E-state index in [2.05, 4.69) is 0 Å². The van der Waals surface area contributed by atoms with E-state index in [0.717, 1.165) is 11.1 Å². The fourth-order valence-electron chi connectivity index (χ4n) is 2.22. The van der Waals surface area contributed by atoms with Crippen LogP contribution in [0.2, 0.25) is 0 Å². The van der Waals surface area contributed by atoms with Gasteiger partial charge in [0.1, 0.15) is 11.6 Å². The van der Waals surface area contributed by atoms with Crippen LogP contribution in [-0.2, 0) is 6.42 Å². The van der Waals surface area contributed by atoms with Crippen LogP contribution in [0.4, 0.5) is 4.39 Å². The Balaban J connectivity index is 2.04. The maximum absolute atomic E-state index is 12.9. The largest absolute Gasteiger partial charge is 0.508 e. The van der Waals surface area contributed by atoms with E-state index < -0.39 is 0 Å². The average Bonchev–Trinajstić information content (AvgIpc) is 2.41. The molecule has 0 radical (unpaired) electrons. The molecule has 0 aliphatic rings. The third-order valence-electron chi connectivity index (χ3n) is 3.17. The lowest BCUT2D eigenvalue weighted by atomic mass is 10.1. The SMILES string of the molecule is O=c1cc(Cc2ccc(F)cc2)cc2cc(O)ccn12. The number of fused-ring (bicyclic) bond motifs is 1. The molecule has 0 bridgehead atoms. The van der Waals surface area contributed by atoms with Gasteiger partial charge in [0.05, 0.1) is 5.52 Å². The molecule has 3 rings (SSSR count). The summed E-state index contributed by atoms with van der Waals surface area (Å²) in [6.07, 6.45) is 2.08. The number of halogens is 1. The Morgan fingerprint density at radius 2 is 1.75 bits per heavy atom. The molecule has 0 amide bonds. The zero-order chi connectivity index (χ0) is 14.1. The van der Waals surface area contributed by atoms with E-state index in [4.69, 9.17) is 0 Å². The molecule has 0 saturated carbocycles. The fraction of sp³-hybridized carbons (Fsp3) is 0.0625. The average molecular weight is 269 g/mol. The Bertz CT molecular complexity index is 822. The number of aromatic nitrogens is 1. The predicted octanol–water partition coefficient (Wildman–Crippen LogP) is 2.74. The lowest BCUT2D eigenvalue weighted by molar-refractivity contribution is 0.475. The summed E-state index contributed by atoms with van der Waals surface area (Å²) in [7, 11) is 0. The van der Waals surface area contributed by atoms with Gasteiger partial charge in [0.2, 0.25) is 0 Å². The molecular formula is C16H12FNO2. The highest BCUT2D eigenvalue weighted by molar-refractivity contribution is 5.52. The van der Waals surface area contributed by atoms with Gasteiger partial charge < -0.3 is 5.11 Å². The van der Waals surface area contributed by atoms with Gasteiger partial charge in [-0.3, -0.25) is 9.20 Å². The second-order valence-corrected chi connectivity index (χ2v) is 4.68. The second-order valence-electron chi connectivity index (χ2n) is 4.68. The smallest absolute Gasteiger partial charge is 0.255 e. The first kappa shape index (κ1) is 12.4. The van der Waals surface area contributed by atoms with Crippen molar-refractivity contribution in [2.24, 2.45) is 0 Å². The summed E-state index contributed by atoms with van der Waals surface area (Å²) in [6, 6.07) is 12.6. The van der Waals surface area contributed by atoms with Crippen LogP contribution in [0.5, 0.6) is 5.75 Å². The summed E-state index contributed by atoms with van der Waals surface area (Å²) >= 11 is 0. The van der Waals surface area contributed by atoms with Crippen LogP contribution in [0.3, 0.4) is 0 Å². The van der Waals surface area contributed by atoms with Gasteiger partial charge in [0.25, 0.3) is 5.56 Å². The summed E-state index contributed by atoms with van der Waals surface area (Å²) in [4.78, 5) is 12.0. The highest BCUT2D eigenvalue weighted by Crippen LogP contribution is 2.15. The quantitative estimate of drug-likeness (QED) is 0.777. The highest BCUT2D eigenvalue weighted by Gasteiger charge is 2.03. The molecule has 0 atom stereocenters. The van der Waals surface area contributed by atoms with Crippen LogP contribution in [0.15, 0.2) is 59.5 Å². The van der Waals surface area contributed by atoms with Crippen molar-refractivity contribution < 1.29 is 9.50 Å². The predicted molar refractivity (Wildman–Crippen MR) is 74.5 cm³/mol. The molecule has 0 aliphatic carbocycles. The van der Waals surface area contributed by atoms with Crippen molar-refractivity contribution in [3.63, 3.8) is 0 Å². The molecule has 2 heterocycles.